The summed E-state index contributed by atoms with van der Waals surface area (Å²) in [4.78, 5) is 24.7. The predicted octanol–water partition coefficient (Wildman–Crippen LogP) is 3.03. The number of hydrogen-bond acceptors (Lipinski definition) is 4. The fourth-order valence-corrected chi connectivity index (χ4v) is 2.79. The number of rotatable bonds is 2. The van der Waals surface area contributed by atoms with Crippen LogP contribution in [0, 0.1) is 0 Å². The van der Waals surface area contributed by atoms with Gasteiger partial charge in [-0.15, -0.1) is 0 Å². The van der Waals surface area contributed by atoms with Crippen molar-refractivity contribution in [2.45, 2.75) is 26.3 Å². The molecule has 0 spiro atoms. The summed E-state index contributed by atoms with van der Waals surface area (Å²) in [5.41, 5.74) is 3.85. The third kappa shape index (κ3) is 2.73. The van der Waals surface area contributed by atoms with Gasteiger partial charge in [-0.25, -0.2) is 9.97 Å². The van der Waals surface area contributed by atoms with Crippen LogP contribution < -0.4 is 5.32 Å². The summed E-state index contributed by atoms with van der Waals surface area (Å²) in [5, 5.41) is 11.0. The molecule has 0 saturated carbocycles. The molecule has 7 nitrogen and oxygen atoms in total. The smallest absolute Gasteiger partial charge is 0.255 e. The lowest BCUT2D eigenvalue weighted by molar-refractivity contribution is 0.0921. The molecule has 0 saturated heterocycles. The Balaban J connectivity index is 1.84. The highest BCUT2D eigenvalue weighted by molar-refractivity contribution is 6.05. The van der Waals surface area contributed by atoms with Crippen LogP contribution in [0.3, 0.4) is 0 Å². The Kier molecular flexibility index (Phi) is 3.31. The number of carbonyl (C=O) groups is 1. The lowest BCUT2D eigenvalue weighted by atomic mass is 10.1. The molecule has 0 unspecified atom stereocenters. The summed E-state index contributed by atoms with van der Waals surface area (Å²) in [6, 6.07) is 5.86. The fraction of sp³-hybridized carbons (Fsp3) is 0.222. The van der Waals surface area contributed by atoms with Crippen LogP contribution >= 0.6 is 0 Å². The molecule has 0 bridgehead atoms. The monoisotopic (exact) mass is 334 g/mol. The topological polar surface area (TPSA) is 99.3 Å². The Labute approximate surface area is 143 Å². The first-order valence-electron chi connectivity index (χ1n) is 8.01. The zero-order chi connectivity index (χ0) is 17.6. The molecule has 4 rings (SSSR count). The highest BCUT2D eigenvalue weighted by Gasteiger charge is 2.20. The minimum atomic E-state index is -0.325. The highest BCUT2D eigenvalue weighted by Crippen LogP contribution is 2.27. The van der Waals surface area contributed by atoms with Gasteiger partial charge in [0.25, 0.3) is 5.91 Å². The van der Waals surface area contributed by atoms with Gasteiger partial charge in [0.15, 0.2) is 5.65 Å². The molecule has 0 radical (unpaired) electrons. The summed E-state index contributed by atoms with van der Waals surface area (Å²) in [6.45, 7) is 5.82. The summed E-state index contributed by atoms with van der Waals surface area (Å²) in [5.74, 6) is -0.174. The van der Waals surface area contributed by atoms with Crippen LogP contribution in [0.15, 0.2) is 36.8 Å². The third-order valence-corrected chi connectivity index (χ3v) is 3.87. The number of hydrogen-bond donors (Lipinski definition) is 3. The van der Waals surface area contributed by atoms with E-state index in [1.54, 1.807) is 18.6 Å². The molecule has 0 aliphatic rings. The molecule has 0 aliphatic carbocycles. The maximum atomic E-state index is 12.5. The van der Waals surface area contributed by atoms with Crippen molar-refractivity contribution < 1.29 is 4.79 Å². The number of amides is 1. The number of nitrogens with zero attached hydrogens (tertiary/aromatic N) is 3. The maximum absolute atomic E-state index is 12.5. The normalized spacial score (nSPS) is 12.0. The molecular formula is C18H18N6O. The Morgan fingerprint density at radius 3 is 2.84 bits per heavy atom. The van der Waals surface area contributed by atoms with Crippen molar-refractivity contribution in [2.24, 2.45) is 0 Å². The van der Waals surface area contributed by atoms with Gasteiger partial charge in [-0.2, -0.15) is 5.10 Å². The van der Waals surface area contributed by atoms with Gasteiger partial charge in [0.1, 0.15) is 5.52 Å². The first kappa shape index (κ1) is 15.3. The molecule has 7 heteroatoms. The second kappa shape index (κ2) is 5.41. The molecule has 25 heavy (non-hydrogen) atoms. The van der Waals surface area contributed by atoms with E-state index < -0.39 is 0 Å². The van der Waals surface area contributed by atoms with Gasteiger partial charge < -0.3 is 10.3 Å². The van der Waals surface area contributed by atoms with Gasteiger partial charge in [-0.05, 0) is 26.8 Å². The molecule has 4 aromatic rings. The summed E-state index contributed by atoms with van der Waals surface area (Å²) in [7, 11) is 0. The van der Waals surface area contributed by atoms with Crippen LogP contribution in [0.4, 0.5) is 0 Å². The molecule has 1 amide bonds. The van der Waals surface area contributed by atoms with Crippen molar-refractivity contribution in [1.29, 1.82) is 0 Å². The van der Waals surface area contributed by atoms with Crippen LogP contribution in [0.25, 0.3) is 33.3 Å². The van der Waals surface area contributed by atoms with Gasteiger partial charge in [0, 0.05) is 22.7 Å². The number of fused-ring (bicyclic) bond motifs is 2. The lowest BCUT2D eigenvalue weighted by Crippen LogP contribution is -2.40. The molecule has 3 aromatic heterocycles. The number of benzene rings is 1. The van der Waals surface area contributed by atoms with Gasteiger partial charge in [-0.3, -0.25) is 9.89 Å². The quantitative estimate of drug-likeness (QED) is 0.524. The molecule has 126 valence electrons. The van der Waals surface area contributed by atoms with Crippen molar-refractivity contribution in [2.75, 3.05) is 0 Å². The van der Waals surface area contributed by atoms with Crippen molar-refractivity contribution in [3.05, 3.63) is 42.4 Å². The first-order chi connectivity index (χ1) is 11.9. The van der Waals surface area contributed by atoms with Crippen molar-refractivity contribution in [3.63, 3.8) is 0 Å². The highest BCUT2D eigenvalue weighted by atomic mass is 16.1. The average molecular weight is 334 g/mol. The van der Waals surface area contributed by atoms with Crippen LogP contribution in [-0.4, -0.2) is 36.6 Å². The molecular weight excluding hydrogens is 316 g/mol. The SMILES string of the molecule is CC(C)(C)NC(=O)c1c[nH]c2ncc(-c3cccc4[nH]ncc34)nc12. The number of H-pyrrole nitrogens is 2. The lowest BCUT2D eigenvalue weighted by Gasteiger charge is -2.20. The van der Waals surface area contributed by atoms with Gasteiger partial charge in [0.2, 0.25) is 0 Å². The third-order valence-electron chi connectivity index (χ3n) is 3.87. The van der Waals surface area contributed by atoms with Crippen molar-refractivity contribution >= 4 is 28.0 Å². The van der Waals surface area contributed by atoms with Crippen LogP contribution in [-0.2, 0) is 0 Å². The Bertz CT molecular complexity index is 1090. The predicted molar refractivity (Wildman–Crippen MR) is 96.2 cm³/mol. The second-order valence-corrected chi connectivity index (χ2v) is 7.00. The minimum Gasteiger partial charge on any atom is -0.347 e. The molecule has 3 N–H and O–H groups in total. The van der Waals surface area contributed by atoms with Crippen LogP contribution in [0.5, 0.6) is 0 Å². The summed E-state index contributed by atoms with van der Waals surface area (Å²) < 4.78 is 0. The summed E-state index contributed by atoms with van der Waals surface area (Å²) in [6.07, 6.45) is 5.11. The van der Waals surface area contributed by atoms with E-state index >= 15 is 0 Å². The zero-order valence-corrected chi connectivity index (χ0v) is 14.2. The molecule has 3 heterocycles. The van der Waals surface area contributed by atoms with Crippen LogP contribution in [0.1, 0.15) is 31.1 Å². The van der Waals surface area contributed by atoms with Gasteiger partial charge in [0.05, 0.1) is 29.2 Å². The zero-order valence-electron chi connectivity index (χ0n) is 14.2. The van der Waals surface area contributed by atoms with Gasteiger partial charge in [-0.1, -0.05) is 12.1 Å². The average Bonchev–Trinajstić information content (AvgIpc) is 3.18. The Morgan fingerprint density at radius 1 is 1.20 bits per heavy atom. The van der Waals surface area contributed by atoms with Crippen molar-refractivity contribution in [1.82, 2.24) is 30.5 Å². The van der Waals surface area contributed by atoms with E-state index in [2.05, 4.69) is 30.5 Å². The molecule has 1 aromatic carbocycles. The number of aromatic amines is 2. The van der Waals surface area contributed by atoms with Crippen LogP contribution in [0.2, 0.25) is 0 Å². The van der Waals surface area contributed by atoms with E-state index in [1.807, 2.05) is 39.0 Å². The maximum Gasteiger partial charge on any atom is 0.255 e. The largest absolute Gasteiger partial charge is 0.347 e. The Morgan fingerprint density at radius 2 is 2.04 bits per heavy atom. The number of nitrogens with one attached hydrogen (secondary N) is 3. The minimum absolute atomic E-state index is 0.174. The first-order valence-corrected chi connectivity index (χ1v) is 8.01. The van der Waals surface area contributed by atoms with E-state index in [1.165, 1.54) is 0 Å². The molecule has 0 fully saturated rings. The standard InChI is InChI=1S/C18H18N6O/c1-18(2,3)23-17(25)12-7-19-16-15(12)22-14(9-20-16)10-5-4-6-13-11(10)8-21-24-13/h4-9H,1-3H3,(H,19,20)(H,21,24)(H,23,25). The molecule has 0 aliphatic heterocycles. The van der Waals surface area contributed by atoms with E-state index in [0.717, 1.165) is 16.5 Å². The van der Waals surface area contributed by atoms with E-state index in [-0.39, 0.29) is 11.4 Å². The Hall–Kier alpha value is -3.22. The van der Waals surface area contributed by atoms with Crippen molar-refractivity contribution in [3.8, 4) is 11.3 Å². The van der Waals surface area contributed by atoms with Gasteiger partial charge >= 0.3 is 0 Å². The second-order valence-electron chi connectivity index (χ2n) is 7.00. The fourth-order valence-electron chi connectivity index (χ4n) is 2.79. The number of carbonyl (C=O) groups excluding carboxylic acids is 1. The van der Waals surface area contributed by atoms with E-state index in [0.29, 0.717) is 22.4 Å². The van der Waals surface area contributed by atoms with E-state index in [4.69, 9.17) is 0 Å². The summed E-state index contributed by atoms with van der Waals surface area (Å²) >= 11 is 0. The molecule has 0 atom stereocenters. The van der Waals surface area contributed by atoms with E-state index in [9.17, 15) is 4.79 Å². The number of aromatic nitrogens is 5.